The molecule has 15 heavy (non-hydrogen) atoms. The molecule has 0 radical (unpaired) electrons. The number of nitrogens with two attached hydrogens (primary N) is 1. The predicted octanol–water partition coefficient (Wildman–Crippen LogP) is 1.49. The summed E-state index contributed by atoms with van der Waals surface area (Å²) in [6.07, 6.45) is 1.51. The van der Waals surface area contributed by atoms with Crippen LogP contribution in [0.5, 0.6) is 5.88 Å². The lowest BCUT2D eigenvalue weighted by molar-refractivity contribution is 0.331. The summed E-state index contributed by atoms with van der Waals surface area (Å²) in [4.78, 5) is 8.27. The first-order valence-electron chi connectivity index (χ1n) is 4.91. The Bertz CT molecular complexity index is 470. The van der Waals surface area contributed by atoms with Gasteiger partial charge in [-0.3, -0.25) is 0 Å². The van der Waals surface area contributed by atoms with Crippen LogP contribution in [0.25, 0.3) is 10.9 Å². The highest BCUT2D eigenvalue weighted by molar-refractivity contribution is 5.83. The summed E-state index contributed by atoms with van der Waals surface area (Å²) in [5.74, 6) is 0.623. The number of rotatable bonds is 3. The molecule has 0 saturated carbocycles. The van der Waals surface area contributed by atoms with Crippen LogP contribution in [-0.2, 0) is 6.54 Å². The lowest BCUT2D eigenvalue weighted by Gasteiger charge is -2.06. The Morgan fingerprint density at radius 3 is 2.93 bits per heavy atom. The van der Waals surface area contributed by atoms with E-state index < -0.39 is 0 Å². The molecule has 0 aliphatic rings. The molecule has 1 heterocycles. The molecule has 1 aromatic heterocycles. The number of benzene rings is 1. The molecule has 2 aromatic rings. The van der Waals surface area contributed by atoms with Gasteiger partial charge in [0.2, 0.25) is 5.88 Å². The molecule has 0 aliphatic carbocycles. The second-order valence-corrected chi connectivity index (χ2v) is 3.17. The Hall–Kier alpha value is -1.68. The predicted molar refractivity (Wildman–Crippen MR) is 58.6 cm³/mol. The van der Waals surface area contributed by atoms with Crippen LogP contribution in [0.1, 0.15) is 12.5 Å². The van der Waals surface area contributed by atoms with Crippen molar-refractivity contribution in [2.75, 3.05) is 6.61 Å². The van der Waals surface area contributed by atoms with E-state index in [1.165, 1.54) is 6.33 Å². The van der Waals surface area contributed by atoms with Crippen LogP contribution < -0.4 is 10.5 Å². The highest BCUT2D eigenvalue weighted by Gasteiger charge is 2.04. The van der Waals surface area contributed by atoms with Crippen LogP contribution >= 0.6 is 0 Å². The van der Waals surface area contributed by atoms with Gasteiger partial charge in [-0.25, -0.2) is 9.97 Å². The van der Waals surface area contributed by atoms with E-state index in [0.29, 0.717) is 19.0 Å². The highest BCUT2D eigenvalue weighted by Crippen LogP contribution is 2.22. The fourth-order valence-electron chi connectivity index (χ4n) is 1.46. The summed E-state index contributed by atoms with van der Waals surface area (Å²) in [6, 6.07) is 5.87. The minimum atomic E-state index is 0.510. The summed E-state index contributed by atoms with van der Waals surface area (Å²) in [6.45, 7) is 3.04. The zero-order valence-electron chi connectivity index (χ0n) is 8.60. The van der Waals surface area contributed by atoms with E-state index in [0.717, 1.165) is 16.5 Å². The molecule has 0 fully saturated rings. The van der Waals surface area contributed by atoms with Gasteiger partial charge in [0.05, 0.1) is 17.5 Å². The van der Waals surface area contributed by atoms with Gasteiger partial charge in [0.15, 0.2) is 0 Å². The third kappa shape index (κ3) is 1.89. The fraction of sp³-hybridized carbons (Fsp3) is 0.273. The number of hydrogen-bond donors (Lipinski definition) is 1. The third-order valence-corrected chi connectivity index (χ3v) is 2.18. The summed E-state index contributed by atoms with van der Waals surface area (Å²) in [5.41, 5.74) is 7.52. The van der Waals surface area contributed by atoms with Gasteiger partial charge in [-0.05, 0) is 24.6 Å². The molecule has 1 aromatic carbocycles. The van der Waals surface area contributed by atoms with E-state index in [4.69, 9.17) is 10.5 Å². The molecule has 0 aliphatic heterocycles. The molecule has 2 N–H and O–H groups in total. The number of fused-ring (bicyclic) bond motifs is 1. The molecule has 0 unspecified atom stereocenters. The number of nitrogens with zero attached hydrogens (tertiary/aromatic N) is 2. The van der Waals surface area contributed by atoms with Gasteiger partial charge in [0.1, 0.15) is 6.33 Å². The van der Waals surface area contributed by atoms with E-state index in [1.54, 1.807) is 0 Å². The van der Waals surface area contributed by atoms with Crippen molar-refractivity contribution in [1.82, 2.24) is 9.97 Å². The van der Waals surface area contributed by atoms with Gasteiger partial charge in [0.25, 0.3) is 0 Å². The monoisotopic (exact) mass is 203 g/mol. The van der Waals surface area contributed by atoms with Gasteiger partial charge in [-0.2, -0.15) is 0 Å². The van der Waals surface area contributed by atoms with Crippen molar-refractivity contribution in [3.05, 3.63) is 30.1 Å². The van der Waals surface area contributed by atoms with E-state index in [2.05, 4.69) is 9.97 Å². The molecule has 0 amide bonds. The van der Waals surface area contributed by atoms with Crippen molar-refractivity contribution in [2.24, 2.45) is 5.73 Å². The number of hydrogen-bond acceptors (Lipinski definition) is 4. The average molecular weight is 203 g/mol. The maximum atomic E-state index is 5.58. The highest BCUT2D eigenvalue weighted by atomic mass is 16.5. The summed E-state index contributed by atoms with van der Waals surface area (Å²) >= 11 is 0. The van der Waals surface area contributed by atoms with Crippen LogP contribution in [0.3, 0.4) is 0 Å². The smallest absolute Gasteiger partial charge is 0.224 e. The standard InChI is InChI=1S/C11H13N3O/c1-2-15-11-9-5-8(6-12)3-4-10(9)13-7-14-11/h3-5,7H,2,6,12H2,1H3. The van der Waals surface area contributed by atoms with Crippen LogP contribution in [-0.4, -0.2) is 16.6 Å². The van der Waals surface area contributed by atoms with Crippen molar-refractivity contribution in [3.63, 3.8) is 0 Å². The molecule has 0 saturated heterocycles. The van der Waals surface area contributed by atoms with Gasteiger partial charge >= 0.3 is 0 Å². The Labute approximate surface area is 88.1 Å². The summed E-state index contributed by atoms with van der Waals surface area (Å²) in [7, 11) is 0. The molecule has 0 bridgehead atoms. The molecular weight excluding hydrogens is 190 g/mol. The Kier molecular flexibility index (Phi) is 2.78. The molecule has 0 spiro atoms. The van der Waals surface area contributed by atoms with Gasteiger partial charge < -0.3 is 10.5 Å². The molecular formula is C11H13N3O. The maximum absolute atomic E-state index is 5.58. The maximum Gasteiger partial charge on any atom is 0.224 e. The van der Waals surface area contributed by atoms with E-state index in [1.807, 2.05) is 25.1 Å². The topological polar surface area (TPSA) is 61.0 Å². The van der Waals surface area contributed by atoms with E-state index in [9.17, 15) is 0 Å². The molecule has 0 atom stereocenters. The normalized spacial score (nSPS) is 10.5. The van der Waals surface area contributed by atoms with Crippen LogP contribution in [0.15, 0.2) is 24.5 Å². The first-order chi connectivity index (χ1) is 7.35. The van der Waals surface area contributed by atoms with Gasteiger partial charge in [-0.1, -0.05) is 6.07 Å². The second kappa shape index (κ2) is 4.23. The lowest BCUT2D eigenvalue weighted by Crippen LogP contribution is -1.99. The Morgan fingerprint density at radius 2 is 2.20 bits per heavy atom. The summed E-state index contributed by atoms with van der Waals surface area (Å²) < 4.78 is 5.43. The summed E-state index contributed by atoms with van der Waals surface area (Å²) in [5, 5.41) is 0.919. The molecule has 2 rings (SSSR count). The minimum absolute atomic E-state index is 0.510. The second-order valence-electron chi connectivity index (χ2n) is 3.17. The average Bonchev–Trinajstić information content (AvgIpc) is 2.29. The first-order valence-corrected chi connectivity index (χ1v) is 4.91. The first kappa shape index (κ1) is 9.86. The van der Waals surface area contributed by atoms with Crippen molar-refractivity contribution in [3.8, 4) is 5.88 Å². The minimum Gasteiger partial charge on any atom is -0.477 e. The van der Waals surface area contributed by atoms with Crippen LogP contribution in [0.2, 0.25) is 0 Å². The van der Waals surface area contributed by atoms with E-state index >= 15 is 0 Å². The Balaban J connectivity index is 2.59. The lowest BCUT2D eigenvalue weighted by atomic mass is 10.1. The third-order valence-electron chi connectivity index (χ3n) is 2.18. The van der Waals surface area contributed by atoms with Crippen molar-refractivity contribution < 1.29 is 4.74 Å². The zero-order valence-corrected chi connectivity index (χ0v) is 8.60. The van der Waals surface area contributed by atoms with Crippen LogP contribution in [0, 0.1) is 0 Å². The number of ether oxygens (including phenoxy) is 1. The van der Waals surface area contributed by atoms with Gasteiger partial charge in [0, 0.05) is 6.54 Å². The molecule has 4 heteroatoms. The van der Waals surface area contributed by atoms with E-state index in [-0.39, 0.29) is 0 Å². The SMILES string of the molecule is CCOc1ncnc2ccc(CN)cc12. The quantitative estimate of drug-likeness (QED) is 0.820. The zero-order chi connectivity index (χ0) is 10.7. The van der Waals surface area contributed by atoms with Crippen molar-refractivity contribution >= 4 is 10.9 Å². The van der Waals surface area contributed by atoms with Crippen molar-refractivity contribution in [2.45, 2.75) is 13.5 Å². The molecule has 4 nitrogen and oxygen atoms in total. The van der Waals surface area contributed by atoms with Crippen LogP contribution in [0.4, 0.5) is 0 Å². The van der Waals surface area contributed by atoms with Gasteiger partial charge in [-0.15, -0.1) is 0 Å². The largest absolute Gasteiger partial charge is 0.477 e. The Morgan fingerprint density at radius 1 is 1.33 bits per heavy atom. The van der Waals surface area contributed by atoms with Crippen molar-refractivity contribution in [1.29, 1.82) is 0 Å². The molecule has 78 valence electrons. The fourth-order valence-corrected chi connectivity index (χ4v) is 1.46. The number of aromatic nitrogens is 2.